The van der Waals surface area contributed by atoms with Crippen molar-refractivity contribution in [3.63, 3.8) is 0 Å². The number of carbonyl (C=O) groups is 2. The summed E-state index contributed by atoms with van der Waals surface area (Å²) in [7, 11) is -3.81. The van der Waals surface area contributed by atoms with Crippen LogP contribution in [0.3, 0.4) is 0 Å². The number of pyridine rings is 2. The maximum atomic E-state index is 14.2. The van der Waals surface area contributed by atoms with Gasteiger partial charge in [-0.2, -0.15) is 0 Å². The largest absolute Gasteiger partial charge is 0.460 e. The second-order valence-electron chi connectivity index (χ2n) is 11.4. The summed E-state index contributed by atoms with van der Waals surface area (Å²) in [6.45, 7) is 5.40. The molecule has 2 aromatic heterocycles. The van der Waals surface area contributed by atoms with E-state index in [4.69, 9.17) is 23.3 Å². The van der Waals surface area contributed by atoms with Crippen molar-refractivity contribution in [2.75, 3.05) is 13.2 Å². The zero-order valence-electron chi connectivity index (χ0n) is 25.8. The molecule has 0 saturated heterocycles. The Morgan fingerprint density at radius 1 is 0.979 bits per heavy atom. The molecule has 1 atom stereocenters. The van der Waals surface area contributed by atoms with Crippen molar-refractivity contribution in [3.05, 3.63) is 137 Å². The Morgan fingerprint density at radius 2 is 1.66 bits per heavy atom. The van der Waals surface area contributed by atoms with Gasteiger partial charge in [0, 0.05) is 22.6 Å². The molecule has 9 nitrogen and oxygen atoms in total. The Labute approximate surface area is 272 Å². The first-order valence-electron chi connectivity index (χ1n) is 15.5. The Hall–Kier alpha value is -5.16. The van der Waals surface area contributed by atoms with Crippen LogP contribution >= 0.6 is 0 Å². The zero-order valence-corrected chi connectivity index (χ0v) is 26.8. The fourth-order valence-corrected chi connectivity index (χ4v) is 9.93. The van der Waals surface area contributed by atoms with Crippen molar-refractivity contribution in [3.8, 4) is 11.4 Å². The highest BCUT2D eigenvalue weighted by Crippen LogP contribution is 2.42. The van der Waals surface area contributed by atoms with Crippen LogP contribution in [-0.2, 0) is 46.7 Å². The molecule has 7 rings (SSSR count). The van der Waals surface area contributed by atoms with Crippen LogP contribution in [0, 0.1) is 0 Å². The van der Waals surface area contributed by atoms with E-state index in [1.807, 2.05) is 97.9 Å². The number of fused-ring (bicyclic) bond motifs is 5. The first-order chi connectivity index (χ1) is 22.9. The molecule has 0 bridgehead atoms. The van der Waals surface area contributed by atoms with Gasteiger partial charge in [-0.15, -0.1) is 0 Å². The van der Waals surface area contributed by atoms with E-state index in [9.17, 15) is 14.4 Å². The van der Waals surface area contributed by atoms with Crippen LogP contribution in [0.15, 0.2) is 115 Å². The molecule has 236 valence electrons. The van der Waals surface area contributed by atoms with Gasteiger partial charge < -0.3 is 22.9 Å². The van der Waals surface area contributed by atoms with Crippen LogP contribution in [-0.4, -0.2) is 43.3 Å². The van der Waals surface area contributed by atoms with Crippen molar-refractivity contribution >= 4 is 41.8 Å². The number of carbonyl (C=O) groups excluding carboxylic acids is 2. The maximum absolute atomic E-state index is 14.2. The minimum Gasteiger partial charge on any atom is -0.460 e. The third-order valence-corrected chi connectivity index (χ3v) is 12.2. The van der Waals surface area contributed by atoms with Crippen molar-refractivity contribution in [1.29, 1.82) is 0 Å². The lowest BCUT2D eigenvalue weighted by Crippen LogP contribution is -2.68. The van der Waals surface area contributed by atoms with Gasteiger partial charge in [0.25, 0.3) is 5.56 Å². The average molecular weight is 645 g/mol. The van der Waals surface area contributed by atoms with Gasteiger partial charge in [-0.05, 0) is 35.0 Å². The molecule has 3 aromatic carbocycles. The summed E-state index contributed by atoms with van der Waals surface area (Å²) in [5, 5.41) is 2.44. The molecule has 0 aliphatic carbocycles. The predicted molar refractivity (Wildman–Crippen MR) is 178 cm³/mol. The van der Waals surface area contributed by atoms with Gasteiger partial charge in [0.15, 0.2) is 5.60 Å². The third kappa shape index (κ3) is 5.11. The number of benzene rings is 3. The van der Waals surface area contributed by atoms with Crippen LogP contribution in [0.25, 0.3) is 22.3 Å². The monoisotopic (exact) mass is 644 g/mol. The number of ether oxygens (including phenoxy) is 2. The number of para-hydroxylation sites is 1. The summed E-state index contributed by atoms with van der Waals surface area (Å²) < 4.78 is 26.7. The molecular weight excluding hydrogens is 613 g/mol. The van der Waals surface area contributed by atoms with E-state index in [2.05, 4.69) is 12.6 Å². The Morgan fingerprint density at radius 3 is 2.34 bits per heavy atom. The van der Waals surface area contributed by atoms with Crippen molar-refractivity contribution in [2.24, 2.45) is 0 Å². The van der Waals surface area contributed by atoms with Gasteiger partial charge in [0.1, 0.15) is 13.2 Å². The summed E-state index contributed by atoms with van der Waals surface area (Å²) in [4.78, 5) is 45.1. The normalized spacial score (nSPS) is 16.6. The summed E-state index contributed by atoms with van der Waals surface area (Å²) >= 11 is 0. The molecule has 0 amide bonds. The maximum Gasteiger partial charge on any atom is 0.408 e. The van der Waals surface area contributed by atoms with Crippen LogP contribution in [0.1, 0.15) is 30.0 Å². The van der Waals surface area contributed by atoms with Crippen molar-refractivity contribution in [2.45, 2.75) is 32.1 Å². The Balaban J connectivity index is 1.41. The highest BCUT2D eigenvalue weighted by molar-refractivity contribution is 6.92. The van der Waals surface area contributed by atoms with E-state index in [0.29, 0.717) is 29.1 Å². The fraction of sp³-hybridized carbons (Fsp3) is 0.189. The summed E-state index contributed by atoms with van der Waals surface area (Å²) in [6, 6.07) is 30.6. The van der Waals surface area contributed by atoms with Gasteiger partial charge in [0.05, 0.1) is 35.6 Å². The number of hydrogen-bond acceptors (Lipinski definition) is 8. The van der Waals surface area contributed by atoms with Gasteiger partial charge >= 0.3 is 20.5 Å². The highest BCUT2D eigenvalue weighted by Gasteiger charge is 2.56. The summed E-state index contributed by atoms with van der Waals surface area (Å²) in [5.74, 6) is -1.18. The van der Waals surface area contributed by atoms with Gasteiger partial charge in [-0.25, -0.2) is 14.6 Å². The molecule has 5 aromatic rings. The molecular formula is C37H32N2O7Si. The van der Waals surface area contributed by atoms with Crippen molar-refractivity contribution in [1.82, 2.24) is 9.55 Å². The quantitative estimate of drug-likeness (QED) is 0.0950. The molecule has 4 heterocycles. The number of esters is 2. The minimum absolute atomic E-state index is 0.0193. The molecule has 0 saturated carbocycles. The van der Waals surface area contributed by atoms with Crippen LogP contribution < -0.4 is 15.9 Å². The number of rotatable bonds is 10. The lowest BCUT2D eigenvalue weighted by atomic mass is 9.86. The molecule has 10 heteroatoms. The number of hydrogen-bond donors (Lipinski definition) is 0. The molecule has 0 radical (unpaired) electrons. The molecule has 47 heavy (non-hydrogen) atoms. The smallest absolute Gasteiger partial charge is 0.408 e. The zero-order chi connectivity index (χ0) is 32.6. The van der Waals surface area contributed by atoms with Crippen molar-refractivity contribution < 1.29 is 27.9 Å². The predicted octanol–water partition coefficient (Wildman–Crippen LogP) is 4.11. The van der Waals surface area contributed by atoms with Crippen LogP contribution in [0.5, 0.6) is 0 Å². The standard InChI is InChI=1S/C37H32N2O7Si/c1-3-33(40)43-19-20-45-47(27-14-7-5-8-15-27,28-16-9-6-10-17-28)46-37(4-2)30-22-32-34-26(21-25-13-11-12-18-31(25)38-34)23-39(32)35(41)29(30)24-44-36(37)42/h3,5-18,21-22H,1,4,19-20,23-24H2,2H3. The van der Waals surface area contributed by atoms with E-state index < -0.39 is 26.1 Å². The van der Waals surface area contributed by atoms with E-state index in [1.54, 1.807) is 4.57 Å². The fourth-order valence-electron chi connectivity index (χ4n) is 6.51. The molecule has 2 aliphatic heterocycles. The summed E-state index contributed by atoms with van der Waals surface area (Å²) in [5.41, 5.74) is 1.91. The Bertz CT molecular complexity index is 2040. The third-order valence-electron chi connectivity index (χ3n) is 8.81. The first-order valence-corrected chi connectivity index (χ1v) is 17.3. The molecule has 0 spiro atoms. The lowest BCUT2D eigenvalue weighted by molar-refractivity contribution is -0.171. The minimum atomic E-state index is -3.81. The average Bonchev–Trinajstić information content (AvgIpc) is 3.48. The summed E-state index contributed by atoms with van der Waals surface area (Å²) in [6.07, 6.45) is 1.24. The first kappa shape index (κ1) is 30.5. The van der Waals surface area contributed by atoms with E-state index in [-0.39, 0.29) is 31.8 Å². The van der Waals surface area contributed by atoms with Crippen LogP contribution in [0.4, 0.5) is 0 Å². The van der Waals surface area contributed by atoms with E-state index >= 15 is 0 Å². The second kappa shape index (κ2) is 12.2. The SMILES string of the molecule is C=CC(=O)OCCO[Si](OC1(CC)C(=O)OCc2c1cc1n(c2=O)Cc2cc3ccccc3nc2-1)(c1ccccc1)c1ccccc1. The molecule has 0 fully saturated rings. The van der Waals surface area contributed by atoms with Gasteiger partial charge in [-0.3, -0.25) is 4.79 Å². The number of cyclic esters (lactones) is 1. The Kier molecular flexibility index (Phi) is 7.92. The lowest BCUT2D eigenvalue weighted by Gasteiger charge is -2.43. The topological polar surface area (TPSA) is 106 Å². The molecule has 1 unspecified atom stereocenters. The number of aromatic nitrogens is 2. The molecule has 2 aliphatic rings. The molecule has 0 N–H and O–H groups in total. The van der Waals surface area contributed by atoms with E-state index in [0.717, 1.165) is 32.9 Å². The highest BCUT2D eigenvalue weighted by atomic mass is 28.4. The van der Waals surface area contributed by atoms with Gasteiger partial charge in [-0.1, -0.05) is 92.4 Å². The number of nitrogens with zero attached hydrogens (tertiary/aromatic N) is 2. The van der Waals surface area contributed by atoms with Crippen LogP contribution in [0.2, 0.25) is 0 Å². The van der Waals surface area contributed by atoms with E-state index in [1.165, 1.54) is 0 Å². The second-order valence-corrected chi connectivity index (χ2v) is 14.3. The van der Waals surface area contributed by atoms with Gasteiger partial charge in [0.2, 0.25) is 0 Å².